The standard InChI is InChI=1S/C10H13NOS/c1-12-9-5-7-3-2-4-8(7)6-10(9)13-11/h5-6H,2-4,11H2,1H3. The smallest absolute Gasteiger partial charge is 0.134 e. The van der Waals surface area contributed by atoms with Gasteiger partial charge >= 0.3 is 0 Å². The van der Waals surface area contributed by atoms with E-state index in [-0.39, 0.29) is 0 Å². The Labute approximate surface area is 82.6 Å². The summed E-state index contributed by atoms with van der Waals surface area (Å²) in [6.45, 7) is 0. The van der Waals surface area contributed by atoms with Crippen LogP contribution in [-0.2, 0) is 12.8 Å². The fourth-order valence-electron chi connectivity index (χ4n) is 1.83. The van der Waals surface area contributed by atoms with Crippen LogP contribution in [0.5, 0.6) is 5.75 Å². The Kier molecular flexibility index (Phi) is 2.47. The molecule has 3 heteroatoms. The van der Waals surface area contributed by atoms with Crippen molar-refractivity contribution in [3.05, 3.63) is 23.3 Å². The van der Waals surface area contributed by atoms with Gasteiger partial charge in [0, 0.05) is 0 Å². The molecular formula is C10H13NOS. The number of methoxy groups -OCH3 is 1. The molecule has 2 nitrogen and oxygen atoms in total. The van der Waals surface area contributed by atoms with Gasteiger partial charge < -0.3 is 4.74 Å². The molecule has 0 aliphatic heterocycles. The summed E-state index contributed by atoms with van der Waals surface area (Å²) in [4.78, 5) is 1.04. The van der Waals surface area contributed by atoms with E-state index in [0.29, 0.717) is 0 Å². The molecule has 0 aromatic heterocycles. The summed E-state index contributed by atoms with van der Waals surface area (Å²) in [6.07, 6.45) is 3.63. The van der Waals surface area contributed by atoms with Crippen LogP contribution in [0.2, 0.25) is 0 Å². The third-order valence-electron chi connectivity index (χ3n) is 2.51. The maximum absolute atomic E-state index is 5.56. The molecule has 13 heavy (non-hydrogen) atoms. The molecule has 0 radical (unpaired) electrons. The van der Waals surface area contributed by atoms with E-state index in [2.05, 4.69) is 12.1 Å². The Morgan fingerprint density at radius 3 is 2.62 bits per heavy atom. The minimum Gasteiger partial charge on any atom is -0.496 e. The first-order valence-corrected chi connectivity index (χ1v) is 5.29. The summed E-state index contributed by atoms with van der Waals surface area (Å²) in [7, 11) is 1.69. The number of ether oxygens (including phenoxy) is 1. The van der Waals surface area contributed by atoms with E-state index in [0.717, 1.165) is 10.6 Å². The highest BCUT2D eigenvalue weighted by Crippen LogP contribution is 2.33. The van der Waals surface area contributed by atoms with E-state index in [1.807, 2.05) is 0 Å². The van der Waals surface area contributed by atoms with Gasteiger partial charge in [-0.1, -0.05) is 0 Å². The molecule has 0 atom stereocenters. The van der Waals surface area contributed by atoms with Gasteiger partial charge in [0.2, 0.25) is 0 Å². The van der Waals surface area contributed by atoms with E-state index in [1.165, 1.54) is 42.3 Å². The molecule has 0 saturated heterocycles. The largest absolute Gasteiger partial charge is 0.496 e. The second-order valence-electron chi connectivity index (χ2n) is 3.24. The molecule has 0 bridgehead atoms. The fraction of sp³-hybridized carbons (Fsp3) is 0.400. The van der Waals surface area contributed by atoms with Gasteiger partial charge in [0.1, 0.15) is 5.75 Å². The van der Waals surface area contributed by atoms with Crippen LogP contribution in [0.3, 0.4) is 0 Å². The van der Waals surface area contributed by atoms with Crippen LogP contribution in [0, 0.1) is 0 Å². The van der Waals surface area contributed by atoms with Crippen molar-refractivity contribution >= 4 is 11.9 Å². The van der Waals surface area contributed by atoms with Crippen molar-refractivity contribution < 1.29 is 4.74 Å². The predicted octanol–water partition coefficient (Wildman–Crippen LogP) is 2.15. The molecular weight excluding hydrogens is 182 g/mol. The zero-order valence-corrected chi connectivity index (χ0v) is 8.49. The van der Waals surface area contributed by atoms with E-state index < -0.39 is 0 Å². The van der Waals surface area contributed by atoms with Crippen LogP contribution in [0.4, 0.5) is 0 Å². The second kappa shape index (κ2) is 3.60. The number of hydrogen-bond acceptors (Lipinski definition) is 3. The summed E-state index contributed by atoms with van der Waals surface area (Å²) in [6, 6.07) is 4.28. The zero-order valence-electron chi connectivity index (χ0n) is 7.67. The number of nitrogens with two attached hydrogens (primary N) is 1. The first-order valence-electron chi connectivity index (χ1n) is 4.41. The van der Waals surface area contributed by atoms with Gasteiger partial charge in [-0.2, -0.15) is 0 Å². The van der Waals surface area contributed by atoms with Gasteiger partial charge in [0.15, 0.2) is 0 Å². The summed E-state index contributed by atoms with van der Waals surface area (Å²) in [5.41, 5.74) is 2.86. The van der Waals surface area contributed by atoms with Crippen LogP contribution in [0.25, 0.3) is 0 Å². The average Bonchev–Trinajstić information content (AvgIpc) is 2.62. The molecule has 0 heterocycles. The first-order chi connectivity index (χ1) is 6.35. The highest BCUT2D eigenvalue weighted by atomic mass is 32.2. The Hall–Kier alpha value is -0.670. The van der Waals surface area contributed by atoms with Crippen molar-refractivity contribution in [2.24, 2.45) is 5.14 Å². The van der Waals surface area contributed by atoms with E-state index >= 15 is 0 Å². The van der Waals surface area contributed by atoms with Crippen LogP contribution in [0.1, 0.15) is 17.5 Å². The average molecular weight is 195 g/mol. The first kappa shape index (κ1) is 8.91. The Bertz CT molecular complexity index is 294. The number of fused-ring (bicyclic) bond motifs is 1. The molecule has 0 spiro atoms. The second-order valence-corrected chi connectivity index (χ2v) is 3.92. The Balaban J connectivity index is 2.47. The quantitative estimate of drug-likeness (QED) is 0.734. The summed E-state index contributed by atoms with van der Waals surface area (Å²) in [5, 5.41) is 5.56. The lowest BCUT2D eigenvalue weighted by Crippen LogP contribution is -1.92. The molecule has 1 aromatic carbocycles. The normalized spacial score (nSPS) is 14.3. The number of hydrogen-bond donors (Lipinski definition) is 1. The minimum absolute atomic E-state index is 0.910. The van der Waals surface area contributed by atoms with E-state index in [1.54, 1.807) is 7.11 Å². The van der Waals surface area contributed by atoms with Crippen LogP contribution in [-0.4, -0.2) is 7.11 Å². The maximum atomic E-state index is 5.56. The molecule has 1 aliphatic rings. The summed E-state index contributed by atoms with van der Waals surface area (Å²) >= 11 is 1.26. The van der Waals surface area contributed by atoms with E-state index in [4.69, 9.17) is 9.88 Å². The third kappa shape index (κ3) is 1.54. The highest BCUT2D eigenvalue weighted by Gasteiger charge is 2.14. The van der Waals surface area contributed by atoms with Crippen LogP contribution < -0.4 is 9.88 Å². The van der Waals surface area contributed by atoms with Gasteiger partial charge in [0.25, 0.3) is 0 Å². The van der Waals surface area contributed by atoms with Crippen LogP contribution in [0.15, 0.2) is 17.0 Å². The van der Waals surface area contributed by atoms with Crippen molar-refractivity contribution in [2.75, 3.05) is 7.11 Å². The molecule has 0 unspecified atom stereocenters. The van der Waals surface area contributed by atoms with Gasteiger partial charge in [-0.05, 0) is 54.5 Å². The molecule has 1 aromatic rings. The monoisotopic (exact) mass is 195 g/mol. The van der Waals surface area contributed by atoms with Crippen LogP contribution >= 0.6 is 11.9 Å². The molecule has 2 rings (SSSR count). The van der Waals surface area contributed by atoms with Crippen molar-refractivity contribution in [3.63, 3.8) is 0 Å². The van der Waals surface area contributed by atoms with Crippen molar-refractivity contribution in [1.29, 1.82) is 0 Å². The number of aryl methyl sites for hydroxylation is 2. The van der Waals surface area contributed by atoms with Gasteiger partial charge in [-0.3, -0.25) is 5.14 Å². The summed E-state index contributed by atoms with van der Waals surface area (Å²) < 4.78 is 5.26. The minimum atomic E-state index is 0.910. The van der Waals surface area contributed by atoms with E-state index in [9.17, 15) is 0 Å². The topological polar surface area (TPSA) is 35.2 Å². The third-order valence-corrected chi connectivity index (χ3v) is 3.08. The molecule has 0 fully saturated rings. The lowest BCUT2D eigenvalue weighted by molar-refractivity contribution is 0.404. The molecule has 2 N–H and O–H groups in total. The molecule has 1 aliphatic carbocycles. The zero-order chi connectivity index (χ0) is 9.26. The predicted molar refractivity (Wildman–Crippen MR) is 55.1 cm³/mol. The van der Waals surface area contributed by atoms with Gasteiger partial charge in [-0.25, -0.2) is 0 Å². The molecule has 0 saturated carbocycles. The van der Waals surface area contributed by atoms with Crippen molar-refractivity contribution in [2.45, 2.75) is 24.2 Å². The maximum Gasteiger partial charge on any atom is 0.134 e. The lowest BCUT2D eigenvalue weighted by Gasteiger charge is -2.08. The Morgan fingerprint density at radius 1 is 1.31 bits per heavy atom. The van der Waals surface area contributed by atoms with Crippen molar-refractivity contribution in [1.82, 2.24) is 0 Å². The highest BCUT2D eigenvalue weighted by molar-refractivity contribution is 7.97. The SMILES string of the molecule is COc1cc2c(cc1SN)CCC2. The van der Waals surface area contributed by atoms with Crippen molar-refractivity contribution in [3.8, 4) is 5.75 Å². The summed E-state index contributed by atoms with van der Waals surface area (Å²) in [5.74, 6) is 0.910. The Morgan fingerprint density at radius 2 is 2.00 bits per heavy atom. The molecule has 0 amide bonds. The van der Waals surface area contributed by atoms with Gasteiger partial charge in [0.05, 0.1) is 12.0 Å². The fourth-order valence-corrected chi connectivity index (χ4v) is 2.30. The number of benzene rings is 1. The van der Waals surface area contributed by atoms with Gasteiger partial charge in [-0.15, -0.1) is 0 Å². The lowest BCUT2D eigenvalue weighted by atomic mass is 10.1. The number of rotatable bonds is 2. The molecule has 70 valence electrons.